The number of aryl methyl sites for hydroxylation is 2. The molecule has 104 valence electrons. The summed E-state index contributed by atoms with van der Waals surface area (Å²) in [6, 6.07) is 11.5. The van der Waals surface area contributed by atoms with Gasteiger partial charge >= 0.3 is 0 Å². The van der Waals surface area contributed by atoms with Gasteiger partial charge in [-0.25, -0.2) is 0 Å². The molecule has 0 radical (unpaired) electrons. The maximum Gasteiger partial charge on any atom is 0.255 e. The van der Waals surface area contributed by atoms with E-state index in [-0.39, 0.29) is 10.8 Å². The average molecular weight is 288 g/mol. The lowest BCUT2D eigenvalue weighted by atomic mass is 10.1. The van der Waals surface area contributed by atoms with Crippen molar-refractivity contribution in [2.45, 2.75) is 18.7 Å². The van der Waals surface area contributed by atoms with Crippen molar-refractivity contribution in [3.63, 3.8) is 0 Å². The molecule has 0 heterocycles. The largest absolute Gasteiger partial charge is 0.768 e. The van der Waals surface area contributed by atoms with Crippen molar-refractivity contribution in [2.75, 3.05) is 5.32 Å². The quantitative estimate of drug-likeness (QED) is 0.883. The zero-order valence-electron chi connectivity index (χ0n) is 11.2. The number of carbonyl (C=O) groups is 1. The Balaban J connectivity index is 2.21. The van der Waals surface area contributed by atoms with Crippen LogP contribution in [0.25, 0.3) is 0 Å². The Bertz CT molecular complexity index is 683. The molecule has 20 heavy (non-hydrogen) atoms. The molecule has 0 spiro atoms. The molecule has 1 atom stereocenters. The number of hydrogen-bond acceptors (Lipinski definition) is 3. The Hall–Kier alpha value is -1.98. The molecule has 0 saturated carbocycles. The lowest BCUT2D eigenvalue weighted by Gasteiger charge is -2.09. The number of hydrogen-bond donors (Lipinski definition) is 1. The highest BCUT2D eigenvalue weighted by Gasteiger charge is 2.07. The highest BCUT2D eigenvalue weighted by molar-refractivity contribution is 7.79. The van der Waals surface area contributed by atoms with Gasteiger partial charge in [0.1, 0.15) is 0 Å². The van der Waals surface area contributed by atoms with Crippen molar-refractivity contribution in [1.29, 1.82) is 0 Å². The molecule has 0 fully saturated rings. The van der Waals surface area contributed by atoms with Crippen LogP contribution >= 0.6 is 0 Å². The van der Waals surface area contributed by atoms with Gasteiger partial charge in [0.2, 0.25) is 0 Å². The zero-order chi connectivity index (χ0) is 14.7. The summed E-state index contributed by atoms with van der Waals surface area (Å²) >= 11 is -2.34. The minimum atomic E-state index is -2.34. The van der Waals surface area contributed by atoms with E-state index in [2.05, 4.69) is 5.32 Å². The van der Waals surface area contributed by atoms with Gasteiger partial charge in [-0.2, -0.15) is 0 Å². The second-order valence-corrected chi connectivity index (χ2v) is 5.46. The third-order valence-corrected chi connectivity index (χ3v) is 3.69. The molecule has 2 aromatic rings. The molecule has 5 heteroatoms. The van der Waals surface area contributed by atoms with Crippen LogP contribution in [0.4, 0.5) is 5.69 Å². The second kappa shape index (κ2) is 5.98. The molecular formula is C15H14NO3S-. The molecule has 1 amide bonds. The molecule has 0 aliphatic carbocycles. The van der Waals surface area contributed by atoms with E-state index in [1.807, 2.05) is 32.0 Å². The van der Waals surface area contributed by atoms with Gasteiger partial charge < -0.3 is 9.87 Å². The number of amides is 1. The van der Waals surface area contributed by atoms with Crippen LogP contribution in [-0.2, 0) is 11.1 Å². The third kappa shape index (κ3) is 3.31. The van der Waals surface area contributed by atoms with Gasteiger partial charge in [-0.15, -0.1) is 0 Å². The van der Waals surface area contributed by atoms with E-state index >= 15 is 0 Å². The van der Waals surface area contributed by atoms with E-state index in [4.69, 9.17) is 0 Å². The summed E-state index contributed by atoms with van der Waals surface area (Å²) in [5.74, 6) is -0.333. The minimum absolute atomic E-state index is 0.0951. The number of anilines is 1. The predicted molar refractivity (Wildman–Crippen MR) is 77.5 cm³/mol. The average Bonchev–Trinajstić information content (AvgIpc) is 2.43. The fourth-order valence-corrected chi connectivity index (χ4v) is 2.18. The smallest absolute Gasteiger partial charge is 0.255 e. The highest BCUT2D eigenvalue weighted by atomic mass is 32.2. The maximum atomic E-state index is 12.1. The first kappa shape index (κ1) is 14.4. The molecule has 0 bridgehead atoms. The summed E-state index contributed by atoms with van der Waals surface area (Å²) < 4.78 is 21.8. The van der Waals surface area contributed by atoms with Gasteiger partial charge in [0.15, 0.2) is 0 Å². The summed E-state index contributed by atoms with van der Waals surface area (Å²) in [5, 5.41) is 2.75. The van der Waals surface area contributed by atoms with Crippen LogP contribution in [0.5, 0.6) is 0 Å². The molecular weight excluding hydrogens is 274 g/mol. The first-order chi connectivity index (χ1) is 9.47. The van der Waals surface area contributed by atoms with Gasteiger partial charge in [0.05, 0.1) is 0 Å². The monoisotopic (exact) mass is 288 g/mol. The van der Waals surface area contributed by atoms with Crippen LogP contribution in [0, 0.1) is 13.8 Å². The van der Waals surface area contributed by atoms with Gasteiger partial charge in [0, 0.05) is 16.1 Å². The number of carbonyl (C=O) groups excluding carboxylic acids is 1. The highest BCUT2D eigenvalue weighted by Crippen LogP contribution is 2.16. The van der Waals surface area contributed by atoms with Crippen molar-refractivity contribution in [3.05, 3.63) is 59.2 Å². The maximum absolute atomic E-state index is 12.1. The third-order valence-electron chi connectivity index (χ3n) is 3.05. The number of nitrogens with one attached hydrogen (secondary N) is 1. The van der Waals surface area contributed by atoms with Crippen molar-refractivity contribution in [1.82, 2.24) is 0 Å². The lowest BCUT2D eigenvalue weighted by Crippen LogP contribution is -2.12. The van der Waals surface area contributed by atoms with Crippen LogP contribution in [0.3, 0.4) is 0 Å². The van der Waals surface area contributed by atoms with Crippen LogP contribution in [0.15, 0.2) is 47.4 Å². The van der Waals surface area contributed by atoms with Gasteiger partial charge in [-0.1, -0.05) is 12.1 Å². The van der Waals surface area contributed by atoms with Crippen LogP contribution in [-0.4, -0.2) is 14.7 Å². The van der Waals surface area contributed by atoms with E-state index in [0.29, 0.717) is 11.3 Å². The Labute approximate surface area is 120 Å². The van der Waals surface area contributed by atoms with E-state index in [9.17, 15) is 13.6 Å². The summed E-state index contributed by atoms with van der Waals surface area (Å²) in [7, 11) is 0. The fourth-order valence-electron chi connectivity index (χ4n) is 1.76. The summed E-state index contributed by atoms with van der Waals surface area (Å²) in [4.78, 5) is 12.2. The molecule has 0 saturated heterocycles. The molecule has 1 unspecified atom stereocenters. The summed E-state index contributed by atoms with van der Waals surface area (Å²) in [5.41, 5.74) is 3.22. The van der Waals surface area contributed by atoms with E-state index in [1.165, 1.54) is 12.1 Å². The molecule has 4 nitrogen and oxygen atoms in total. The standard InChI is InChI=1S/C15H15NO3S/c1-10-6-7-13(8-11(10)2)16-15(17)12-4-3-5-14(9-12)20(18)19/h3-9H,1-2H3,(H,16,17)(H,18,19)/p-1. The van der Waals surface area contributed by atoms with E-state index in [1.54, 1.807) is 12.1 Å². The Morgan fingerprint density at radius 2 is 1.85 bits per heavy atom. The number of benzene rings is 2. The van der Waals surface area contributed by atoms with E-state index in [0.717, 1.165) is 11.1 Å². The van der Waals surface area contributed by atoms with E-state index < -0.39 is 11.1 Å². The molecule has 0 aliphatic heterocycles. The Kier molecular flexibility index (Phi) is 4.32. The fraction of sp³-hybridized carbons (Fsp3) is 0.133. The second-order valence-electron chi connectivity index (χ2n) is 4.52. The minimum Gasteiger partial charge on any atom is -0.768 e. The first-order valence-corrected chi connectivity index (χ1v) is 7.13. The Morgan fingerprint density at radius 3 is 2.50 bits per heavy atom. The van der Waals surface area contributed by atoms with Gasteiger partial charge in [-0.3, -0.25) is 9.00 Å². The first-order valence-electron chi connectivity index (χ1n) is 6.05. The van der Waals surface area contributed by atoms with Gasteiger partial charge in [0.25, 0.3) is 5.91 Å². The molecule has 0 aliphatic rings. The topological polar surface area (TPSA) is 69.2 Å². The predicted octanol–water partition coefficient (Wildman–Crippen LogP) is 2.79. The van der Waals surface area contributed by atoms with Crippen LogP contribution in [0.2, 0.25) is 0 Å². The van der Waals surface area contributed by atoms with Crippen LogP contribution < -0.4 is 5.32 Å². The van der Waals surface area contributed by atoms with Crippen molar-refractivity contribution in [3.8, 4) is 0 Å². The van der Waals surface area contributed by atoms with Crippen molar-refractivity contribution in [2.24, 2.45) is 0 Å². The molecule has 2 aromatic carbocycles. The normalized spacial score (nSPS) is 11.9. The summed E-state index contributed by atoms with van der Waals surface area (Å²) in [6.07, 6.45) is 0. The SMILES string of the molecule is Cc1ccc(NC(=O)c2cccc(S(=O)[O-])c2)cc1C. The van der Waals surface area contributed by atoms with Crippen molar-refractivity contribution >= 4 is 22.7 Å². The number of rotatable bonds is 3. The van der Waals surface area contributed by atoms with Crippen molar-refractivity contribution < 1.29 is 13.6 Å². The lowest BCUT2D eigenvalue weighted by molar-refractivity contribution is 0.102. The molecule has 2 rings (SSSR count). The Morgan fingerprint density at radius 1 is 1.10 bits per heavy atom. The van der Waals surface area contributed by atoms with Gasteiger partial charge in [-0.05, 0) is 66.4 Å². The van der Waals surface area contributed by atoms with Crippen LogP contribution in [0.1, 0.15) is 21.5 Å². The molecule has 0 aromatic heterocycles. The molecule has 1 N–H and O–H groups in total. The summed E-state index contributed by atoms with van der Waals surface area (Å²) in [6.45, 7) is 3.96. The zero-order valence-corrected chi connectivity index (χ0v) is 12.0.